The van der Waals surface area contributed by atoms with E-state index in [4.69, 9.17) is 10.3 Å². The summed E-state index contributed by atoms with van der Waals surface area (Å²) in [5.41, 5.74) is -0.334. The average molecular weight is 400 g/mol. The van der Waals surface area contributed by atoms with E-state index in [1.54, 1.807) is 13.8 Å². The van der Waals surface area contributed by atoms with Crippen molar-refractivity contribution < 1.29 is 23.5 Å². The van der Waals surface area contributed by atoms with Crippen LogP contribution in [-0.4, -0.2) is 52.3 Å². The quantitative estimate of drug-likeness (QED) is 0.685. The minimum atomic E-state index is -3.73. The Bertz CT molecular complexity index is 1050. The average Bonchev–Trinajstić information content (AvgIpc) is 3.17. The largest absolute Gasteiger partial charge is 0.352 e. The predicted octanol–water partition coefficient (Wildman–Crippen LogP) is 0.366. The zero-order valence-electron chi connectivity index (χ0n) is 16.0. The van der Waals surface area contributed by atoms with Gasteiger partial charge >= 0.3 is 0 Å². The van der Waals surface area contributed by atoms with Gasteiger partial charge in [-0.25, -0.2) is 4.98 Å². The zero-order valence-corrected chi connectivity index (χ0v) is 15.8. The van der Waals surface area contributed by atoms with Gasteiger partial charge in [0.05, 0.1) is 18.7 Å². The van der Waals surface area contributed by atoms with Crippen LogP contribution >= 0.6 is 0 Å². The molecule has 0 radical (unpaired) electrons. The maximum Gasteiger partial charge on any atom is 0.280 e. The van der Waals surface area contributed by atoms with Gasteiger partial charge in [0.15, 0.2) is 11.2 Å². The molecule has 1 fully saturated rings. The number of ether oxygens (including phenoxy) is 1. The molecule has 2 aromatic heterocycles. The number of amides is 1. The van der Waals surface area contributed by atoms with Crippen molar-refractivity contribution in [1.29, 1.82) is 0 Å². The number of H-pyrrole nitrogens is 1. The number of fused-ring (bicyclic) bond motifs is 1. The molecular formula is C15H21N5O6S. The lowest BCUT2D eigenvalue weighted by atomic mass is 10.2. The summed E-state index contributed by atoms with van der Waals surface area (Å²) in [5.74, 6) is -0.658. The number of hydrogen-bond acceptors (Lipinski definition) is 8. The SMILES string of the molecule is [2H]CC1OC(n2cnc3c(=O)[nH]c(NC(=O)C(C)C)nc32)CC1OS(C)(=O)=O. The first-order valence-electron chi connectivity index (χ1n) is 8.90. The van der Waals surface area contributed by atoms with Crippen LogP contribution in [0.4, 0.5) is 5.95 Å². The van der Waals surface area contributed by atoms with E-state index >= 15 is 0 Å². The number of rotatable bonds is 5. The van der Waals surface area contributed by atoms with Crippen molar-refractivity contribution in [2.75, 3.05) is 11.6 Å². The fraction of sp³-hybridized carbons (Fsp3) is 0.600. The summed E-state index contributed by atoms with van der Waals surface area (Å²) >= 11 is 0. The molecule has 12 heteroatoms. The molecule has 2 aromatic rings. The smallest absolute Gasteiger partial charge is 0.280 e. The van der Waals surface area contributed by atoms with Crippen LogP contribution in [0.15, 0.2) is 11.1 Å². The van der Waals surface area contributed by atoms with E-state index < -0.39 is 34.1 Å². The summed E-state index contributed by atoms with van der Waals surface area (Å²) in [7, 11) is -3.73. The van der Waals surface area contributed by atoms with Crippen LogP contribution in [0.3, 0.4) is 0 Å². The second-order valence-corrected chi connectivity index (χ2v) is 8.19. The Morgan fingerprint density at radius 2 is 2.30 bits per heavy atom. The van der Waals surface area contributed by atoms with Gasteiger partial charge in [-0.3, -0.25) is 28.6 Å². The molecule has 0 aliphatic carbocycles. The van der Waals surface area contributed by atoms with E-state index in [0.29, 0.717) is 0 Å². The molecule has 0 bridgehead atoms. The highest BCUT2D eigenvalue weighted by Crippen LogP contribution is 2.32. The highest BCUT2D eigenvalue weighted by atomic mass is 32.2. The Balaban J connectivity index is 1.94. The lowest BCUT2D eigenvalue weighted by Crippen LogP contribution is -2.24. The van der Waals surface area contributed by atoms with Crippen molar-refractivity contribution >= 4 is 33.1 Å². The Kier molecular flexibility index (Phi) is 4.70. The molecule has 3 atom stereocenters. The first-order valence-corrected chi connectivity index (χ1v) is 10.0. The van der Waals surface area contributed by atoms with Gasteiger partial charge in [0.2, 0.25) is 11.9 Å². The number of anilines is 1. The van der Waals surface area contributed by atoms with Gasteiger partial charge in [0.25, 0.3) is 15.7 Å². The minimum Gasteiger partial charge on any atom is -0.352 e. The van der Waals surface area contributed by atoms with Crippen LogP contribution in [0, 0.1) is 5.92 Å². The minimum absolute atomic E-state index is 0.0306. The molecule has 11 nitrogen and oxygen atoms in total. The van der Waals surface area contributed by atoms with Crippen molar-refractivity contribution in [3.05, 3.63) is 16.7 Å². The maximum absolute atomic E-state index is 12.3. The highest BCUT2D eigenvalue weighted by molar-refractivity contribution is 7.86. The van der Waals surface area contributed by atoms with E-state index in [9.17, 15) is 18.0 Å². The summed E-state index contributed by atoms with van der Waals surface area (Å²) in [6.07, 6.45) is 0.0738. The van der Waals surface area contributed by atoms with E-state index in [-0.39, 0.29) is 42.3 Å². The third kappa shape index (κ3) is 4.17. The van der Waals surface area contributed by atoms with Gasteiger partial charge in [-0.1, -0.05) is 13.8 Å². The number of hydrogen-bond donors (Lipinski definition) is 2. The first kappa shape index (κ1) is 18.1. The lowest BCUT2D eigenvalue weighted by molar-refractivity contribution is -0.118. The van der Waals surface area contributed by atoms with Gasteiger partial charge in [-0.2, -0.15) is 13.4 Å². The monoisotopic (exact) mass is 400 g/mol. The molecule has 0 aromatic carbocycles. The zero-order chi connectivity index (χ0) is 20.6. The fourth-order valence-electron chi connectivity index (χ4n) is 2.66. The third-order valence-corrected chi connectivity index (χ3v) is 4.58. The van der Waals surface area contributed by atoms with Crippen LogP contribution in [0.1, 0.15) is 34.8 Å². The summed E-state index contributed by atoms with van der Waals surface area (Å²) in [5, 5.41) is 2.52. The number of nitrogens with zero attached hydrogens (tertiary/aromatic N) is 3. The van der Waals surface area contributed by atoms with Crippen LogP contribution in [-0.2, 0) is 23.8 Å². The molecule has 3 rings (SSSR count). The molecule has 0 saturated carbocycles. The second-order valence-electron chi connectivity index (χ2n) is 6.59. The Hall–Kier alpha value is -2.31. The normalized spacial score (nSPS) is 23.7. The molecule has 27 heavy (non-hydrogen) atoms. The van der Waals surface area contributed by atoms with Crippen LogP contribution < -0.4 is 10.9 Å². The standard InChI is InChI=1S/C15H21N5O6S/c1-7(2)13(21)18-15-17-12-11(14(22)19-15)16-6-20(12)10-5-9(8(3)25-10)26-27(4,23)24/h6-10H,5H2,1-4H3,(H2,17,18,19,21,22)/i3D. The number of imidazole rings is 1. The second kappa shape index (κ2) is 7.02. The number of nitrogens with one attached hydrogen (secondary N) is 2. The summed E-state index contributed by atoms with van der Waals surface area (Å²) in [6.45, 7) is 3.20. The van der Waals surface area contributed by atoms with Crippen molar-refractivity contribution in [3.63, 3.8) is 0 Å². The number of aromatic nitrogens is 4. The topological polar surface area (TPSA) is 145 Å². The number of carbonyl (C=O) groups excluding carboxylic acids is 1. The molecule has 1 saturated heterocycles. The first-order chi connectivity index (χ1) is 13.1. The Labute approximate surface area is 156 Å². The van der Waals surface area contributed by atoms with E-state index in [0.717, 1.165) is 6.26 Å². The molecule has 1 amide bonds. The number of carbonyl (C=O) groups is 1. The van der Waals surface area contributed by atoms with E-state index in [1.807, 2.05) is 0 Å². The fourth-order valence-corrected chi connectivity index (χ4v) is 3.31. The van der Waals surface area contributed by atoms with Crippen molar-refractivity contribution in [2.45, 2.75) is 45.6 Å². The van der Waals surface area contributed by atoms with Crippen molar-refractivity contribution in [1.82, 2.24) is 19.5 Å². The van der Waals surface area contributed by atoms with E-state index in [1.165, 1.54) is 10.9 Å². The lowest BCUT2D eigenvalue weighted by Gasteiger charge is -2.13. The summed E-state index contributed by atoms with van der Waals surface area (Å²) < 4.78 is 42.7. The van der Waals surface area contributed by atoms with Gasteiger partial charge < -0.3 is 4.74 Å². The molecule has 148 valence electrons. The van der Waals surface area contributed by atoms with Gasteiger partial charge in [-0.05, 0) is 6.90 Å². The molecular weight excluding hydrogens is 378 g/mol. The van der Waals surface area contributed by atoms with Crippen molar-refractivity contribution in [3.8, 4) is 0 Å². The molecule has 2 N–H and O–H groups in total. The molecule has 3 heterocycles. The van der Waals surface area contributed by atoms with Crippen LogP contribution in [0.25, 0.3) is 11.2 Å². The van der Waals surface area contributed by atoms with Crippen LogP contribution in [0.2, 0.25) is 0 Å². The third-order valence-electron chi connectivity index (χ3n) is 3.99. The highest BCUT2D eigenvalue weighted by Gasteiger charge is 2.37. The molecule has 1 aliphatic heterocycles. The van der Waals surface area contributed by atoms with Gasteiger partial charge in [0, 0.05) is 13.7 Å². The van der Waals surface area contributed by atoms with Gasteiger partial charge in [-0.15, -0.1) is 0 Å². The number of aromatic amines is 1. The predicted molar refractivity (Wildman–Crippen MR) is 95.5 cm³/mol. The maximum atomic E-state index is 12.3. The van der Waals surface area contributed by atoms with Crippen molar-refractivity contribution in [2.24, 2.45) is 5.92 Å². The molecule has 1 aliphatic rings. The Morgan fingerprint density at radius 3 is 2.93 bits per heavy atom. The van der Waals surface area contributed by atoms with Gasteiger partial charge in [0.1, 0.15) is 12.3 Å². The summed E-state index contributed by atoms with van der Waals surface area (Å²) in [6, 6.07) is 0. The molecule has 3 unspecified atom stereocenters. The Morgan fingerprint density at radius 1 is 1.56 bits per heavy atom. The molecule has 0 spiro atoms. The van der Waals surface area contributed by atoms with Crippen LogP contribution in [0.5, 0.6) is 0 Å². The van der Waals surface area contributed by atoms with E-state index in [2.05, 4.69) is 20.3 Å². The summed E-state index contributed by atoms with van der Waals surface area (Å²) in [4.78, 5) is 34.9.